The number of carbonyl (C=O) groups is 2. The minimum absolute atomic E-state index is 0.397. The second-order valence-electron chi connectivity index (χ2n) is 6.70. The van der Waals surface area contributed by atoms with Crippen molar-refractivity contribution in [2.24, 2.45) is 0 Å². The second kappa shape index (κ2) is 7.00. The molecule has 1 aromatic rings. The molecule has 1 amide bonds. The number of amides is 1. The predicted octanol–water partition coefficient (Wildman–Crippen LogP) is 2.27. The van der Waals surface area contributed by atoms with Gasteiger partial charge < -0.3 is 15.2 Å². The van der Waals surface area contributed by atoms with Crippen LogP contribution in [0.2, 0.25) is 0 Å². The lowest BCUT2D eigenvalue weighted by Gasteiger charge is -2.29. The number of carboxylic acids is 1. The monoisotopic (exact) mass is 320 g/mol. The summed E-state index contributed by atoms with van der Waals surface area (Å²) in [6.45, 7) is 8.18. The van der Waals surface area contributed by atoms with E-state index in [2.05, 4.69) is 10.2 Å². The number of nitrogens with zero attached hydrogens (tertiary/aromatic N) is 1. The Morgan fingerprint density at radius 1 is 1.35 bits per heavy atom. The number of aromatic carboxylic acids is 1. The molecule has 1 heterocycles. The Morgan fingerprint density at radius 3 is 2.74 bits per heavy atom. The standard InChI is InChI=1S/C17H24N2O4/c1-17(2,3)23-16(22)18-8-10-19-9-7-13-12(11-19)5-4-6-14(13)15(20)21/h4-6H,7-11H2,1-3H3,(H,18,22)(H,20,21). The average molecular weight is 320 g/mol. The number of hydrogen-bond acceptors (Lipinski definition) is 4. The summed E-state index contributed by atoms with van der Waals surface area (Å²) < 4.78 is 5.19. The Balaban J connectivity index is 1.85. The summed E-state index contributed by atoms with van der Waals surface area (Å²) in [5, 5.41) is 12.0. The molecule has 0 radical (unpaired) electrons. The Labute approximate surface area is 136 Å². The minimum Gasteiger partial charge on any atom is -0.478 e. The summed E-state index contributed by atoms with van der Waals surface area (Å²) in [6.07, 6.45) is 0.299. The molecule has 0 unspecified atom stereocenters. The smallest absolute Gasteiger partial charge is 0.407 e. The molecular weight excluding hydrogens is 296 g/mol. The van der Waals surface area contributed by atoms with E-state index in [1.807, 2.05) is 26.8 Å². The molecule has 6 heteroatoms. The average Bonchev–Trinajstić information content (AvgIpc) is 2.44. The van der Waals surface area contributed by atoms with Crippen molar-refractivity contribution < 1.29 is 19.4 Å². The number of ether oxygens (including phenoxy) is 1. The van der Waals surface area contributed by atoms with Crippen molar-refractivity contribution in [1.82, 2.24) is 10.2 Å². The molecule has 1 aromatic carbocycles. The molecule has 0 saturated carbocycles. The molecule has 126 valence electrons. The van der Waals surface area contributed by atoms with Crippen molar-refractivity contribution in [3.05, 3.63) is 34.9 Å². The summed E-state index contributed by atoms with van der Waals surface area (Å²) in [5.74, 6) is -0.873. The van der Waals surface area contributed by atoms with Crippen molar-refractivity contribution in [1.29, 1.82) is 0 Å². The van der Waals surface area contributed by atoms with Gasteiger partial charge in [-0.1, -0.05) is 12.1 Å². The molecule has 0 atom stereocenters. The number of alkyl carbamates (subject to hydrolysis) is 1. The van der Waals surface area contributed by atoms with Gasteiger partial charge in [0.15, 0.2) is 0 Å². The topological polar surface area (TPSA) is 78.9 Å². The molecule has 1 aliphatic heterocycles. The lowest BCUT2D eigenvalue weighted by Crippen LogP contribution is -2.40. The van der Waals surface area contributed by atoms with Crippen LogP contribution >= 0.6 is 0 Å². The van der Waals surface area contributed by atoms with Crippen LogP contribution in [-0.4, -0.2) is 47.3 Å². The molecule has 0 bridgehead atoms. The van der Waals surface area contributed by atoms with E-state index in [-0.39, 0.29) is 0 Å². The van der Waals surface area contributed by atoms with E-state index in [1.54, 1.807) is 12.1 Å². The zero-order valence-electron chi connectivity index (χ0n) is 13.9. The summed E-state index contributed by atoms with van der Waals surface area (Å²) in [5.41, 5.74) is 1.88. The van der Waals surface area contributed by atoms with Crippen LogP contribution in [0.4, 0.5) is 4.79 Å². The number of carboxylic acid groups (broad SMARTS) is 1. The summed E-state index contributed by atoms with van der Waals surface area (Å²) in [7, 11) is 0. The SMILES string of the molecule is CC(C)(C)OC(=O)NCCN1CCc2c(cccc2C(=O)O)C1. The fraction of sp³-hybridized carbons (Fsp3) is 0.529. The molecule has 0 aliphatic carbocycles. The molecular formula is C17H24N2O4. The van der Waals surface area contributed by atoms with Crippen LogP contribution in [0.1, 0.15) is 42.3 Å². The highest BCUT2D eigenvalue weighted by molar-refractivity contribution is 5.89. The molecule has 23 heavy (non-hydrogen) atoms. The number of rotatable bonds is 4. The van der Waals surface area contributed by atoms with Gasteiger partial charge in [0.05, 0.1) is 5.56 Å². The molecule has 0 fully saturated rings. The van der Waals surface area contributed by atoms with Gasteiger partial charge >= 0.3 is 12.1 Å². The Bertz CT molecular complexity index is 593. The maximum atomic E-state index is 11.6. The number of benzene rings is 1. The third kappa shape index (κ3) is 4.96. The lowest BCUT2D eigenvalue weighted by molar-refractivity contribution is 0.0520. The van der Waals surface area contributed by atoms with Gasteiger partial charge in [0.1, 0.15) is 5.60 Å². The van der Waals surface area contributed by atoms with Crippen molar-refractivity contribution in [2.45, 2.75) is 39.3 Å². The van der Waals surface area contributed by atoms with Crippen LogP contribution in [0.15, 0.2) is 18.2 Å². The second-order valence-corrected chi connectivity index (χ2v) is 6.70. The van der Waals surface area contributed by atoms with E-state index in [4.69, 9.17) is 4.74 Å². The van der Waals surface area contributed by atoms with Gasteiger partial charge in [-0.25, -0.2) is 9.59 Å². The van der Waals surface area contributed by atoms with Gasteiger partial charge in [0.2, 0.25) is 0 Å². The maximum Gasteiger partial charge on any atom is 0.407 e. The van der Waals surface area contributed by atoms with E-state index in [0.717, 1.165) is 17.7 Å². The molecule has 1 aliphatic rings. The van der Waals surface area contributed by atoms with Crippen LogP contribution in [0.5, 0.6) is 0 Å². The molecule has 2 rings (SSSR count). The highest BCUT2D eigenvalue weighted by atomic mass is 16.6. The maximum absolute atomic E-state index is 11.6. The first-order valence-corrected chi connectivity index (χ1v) is 7.79. The summed E-state index contributed by atoms with van der Waals surface area (Å²) >= 11 is 0. The summed E-state index contributed by atoms with van der Waals surface area (Å²) in [6, 6.07) is 5.40. The number of nitrogens with one attached hydrogen (secondary N) is 1. The number of hydrogen-bond donors (Lipinski definition) is 2. The third-order valence-corrected chi connectivity index (χ3v) is 3.67. The molecule has 2 N–H and O–H groups in total. The molecule has 0 aromatic heterocycles. The van der Waals surface area contributed by atoms with E-state index < -0.39 is 17.7 Å². The first kappa shape index (κ1) is 17.3. The first-order chi connectivity index (χ1) is 10.8. The van der Waals surface area contributed by atoms with Gasteiger partial charge in [-0.05, 0) is 44.4 Å². The fourth-order valence-electron chi connectivity index (χ4n) is 2.69. The van der Waals surface area contributed by atoms with Crippen molar-refractivity contribution in [3.63, 3.8) is 0 Å². The van der Waals surface area contributed by atoms with E-state index in [1.165, 1.54) is 0 Å². The normalized spacial score (nSPS) is 14.9. The number of fused-ring (bicyclic) bond motifs is 1. The van der Waals surface area contributed by atoms with E-state index >= 15 is 0 Å². The van der Waals surface area contributed by atoms with Crippen LogP contribution in [-0.2, 0) is 17.7 Å². The predicted molar refractivity (Wildman–Crippen MR) is 86.6 cm³/mol. The van der Waals surface area contributed by atoms with Gasteiger partial charge in [-0.2, -0.15) is 0 Å². The van der Waals surface area contributed by atoms with E-state index in [0.29, 0.717) is 31.6 Å². The molecule has 0 saturated heterocycles. The highest BCUT2D eigenvalue weighted by Gasteiger charge is 2.21. The Hall–Kier alpha value is -2.08. The minimum atomic E-state index is -0.873. The highest BCUT2D eigenvalue weighted by Crippen LogP contribution is 2.22. The zero-order chi connectivity index (χ0) is 17.0. The van der Waals surface area contributed by atoms with Crippen molar-refractivity contribution in [2.75, 3.05) is 19.6 Å². The van der Waals surface area contributed by atoms with Crippen molar-refractivity contribution in [3.8, 4) is 0 Å². The largest absolute Gasteiger partial charge is 0.478 e. The quantitative estimate of drug-likeness (QED) is 0.890. The number of carbonyl (C=O) groups excluding carboxylic acids is 1. The molecule has 0 spiro atoms. The Kier molecular flexibility index (Phi) is 5.26. The Morgan fingerprint density at radius 2 is 2.09 bits per heavy atom. The van der Waals surface area contributed by atoms with Crippen LogP contribution in [0.3, 0.4) is 0 Å². The fourth-order valence-corrected chi connectivity index (χ4v) is 2.69. The van der Waals surface area contributed by atoms with Gasteiger partial charge in [0.25, 0.3) is 0 Å². The summed E-state index contributed by atoms with van der Waals surface area (Å²) in [4.78, 5) is 25.0. The van der Waals surface area contributed by atoms with Crippen LogP contribution < -0.4 is 5.32 Å². The zero-order valence-corrected chi connectivity index (χ0v) is 13.9. The van der Waals surface area contributed by atoms with E-state index in [9.17, 15) is 14.7 Å². The lowest BCUT2D eigenvalue weighted by atomic mass is 9.94. The van der Waals surface area contributed by atoms with Crippen molar-refractivity contribution >= 4 is 12.1 Å². The van der Waals surface area contributed by atoms with Gasteiger partial charge in [0, 0.05) is 26.2 Å². The first-order valence-electron chi connectivity index (χ1n) is 7.79. The molecule has 6 nitrogen and oxygen atoms in total. The van der Waals surface area contributed by atoms with Gasteiger partial charge in [-0.3, -0.25) is 4.90 Å². The van der Waals surface area contributed by atoms with Crippen LogP contribution in [0, 0.1) is 0 Å². The van der Waals surface area contributed by atoms with Gasteiger partial charge in [-0.15, -0.1) is 0 Å². The third-order valence-electron chi connectivity index (χ3n) is 3.67. The van der Waals surface area contributed by atoms with Crippen LogP contribution in [0.25, 0.3) is 0 Å².